The standard InChI is InChI=1S/C9H11N3O/c1-9(2)7(12-8(9)13)6-3-10-5-11-4-6/h3-5,7H,1-2H3,(H,12,13). The normalized spacial score (nSPS) is 24.8. The Kier molecular flexibility index (Phi) is 1.58. The highest BCUT2D eigenvalue weighted by Crippen LogP contribution is 2.40. The second-order valence-electron chi connectivity index (χ2n) is 3.80. The summed E-state index contributed by atoms with van der Waals surface area (Å²) in [5, 5.41) is 2.83. The van der Waals surface area contributed by atoms with Gasteiger partial charge in [0.2, 0.25) is 5.91 Å². The molecule has 1 aliphatic heterocycles. The summed E-state index contributed by atoms with van der Waals surface area (Å²) in [7, 11) is 0. The Labute approximate surface area is 76.4 Å². The van der Waals surface area contributed by atoms with Gasteiger partial charge in [-0.25, -0.2) is 9.97 Å². The molecule has 1 atom stereocenters. The molecule has 1 aromatic heterocycles. The monoisotopic (exact) mass is 177 g/mol. The third kappa shape index (κ3) is 1.09. The van der Waals surface area contributed by atoms with Crippen molar-refractivity contribution >= 4 is 5.91 Å². The van der Waals surface area contributed by atoms with Crippen molar-refractivity contribution in [1.82, 2.24) is 15.3 Å². The minimum Gasteiger partial charge on any atom is -0.348 e. The maximum absolute atomic E-state index is 11.2. The summed E-state index contributed by atoms with van der Waals surface area (Å²) < 4.78 is 0. The molecular weight excluding hydrogens is 166 g/mol. The van der Waals surface area contributed by atoms with Crippen LogP contribution in [0.5, 0.6) is 0 Å². The van der Waals surface area contributed by atoms with Crippen LogP contribution >= 0.6 is 0 Å². The summed E-state index contributed by atoms with van der Waals surface area (Å²) in [5.41, 5.74) is 0.636. The predicted molar refractivity (Wildman–Crippen MR) is 46.7 cm³/mol. The number of rotatable bonds is 1. The SMILES string of the molecule is CC1(C)C(=O)NC1c1cncnc1. The van der Waals surface area contributed by atoms with Gasteiger partial charge in [-0.1, -0.05) is 0 Å². The molecule has 0 saturated carbocycles. The fourth-order valence-electron chi connectivity index (χ4n) is 1.51. The molecule has 1 fully saturated rings. The lowest BCUT2D eigenvalue weighted by Gasteiger charge is -2.43. The average molecular weight is 177 g/mol. The molecule has 4 nitrogen and oxygen atoms in total. The lowest BCUT2D eigenvalue weighted by atomic mass is 9.73. The summed E-state index contributed by atoms with van der Waals surface area (Å²) in [4.78, 5) is 19.0. The number of hydrogen-bond donors (Lipinski definition) is 1. The van der Waals surface area contributed by atoms with E-state index in [2.05, 4.69) is 15.3 Å². The van der Waals surface area contributed by atoms with Gasteiger partial charge in [0, 0.05) is 18.0 Å². The molecule has 2 rings (SSSR count). The van der Waals surface area contributed by atoms with Gasteiger partial charge in [-0.3, -0.25) is 4.79 Å². The Morgan fingerprint density at radius 2 is 2.00 bits per heavy atom. The molecule has 1 unspecified atom stereocenters. The Balaban J connectivity index is 2.27. The molecule has 1 aliphatic rings. The van der Waals surface area contributed by atoms with Crippen LogP contribution in [0, 0.1) is 5.41 Å². The largest absolute Gasteiger partial charge is 0.348 e. The van der Waals surface area contributed by atoms with Gasteiger partial charge >= 0.3 is 0 Å². The first-order valence-electron chi connectivity index (χ1n) is 4.18. The Morgan fingerprint density at radius 1 is 1.38 bits per heavy atom. The molecule has 13 heavy (non-hydrogen) atoms. The van der Waals surface area contributed by atoms with Gasteiger partial charge < -0.3 is 5.32 Å². The first-order valence-corrected chi connectivity index (χ1v) is 4.18. The summed E-state index contributed by atoms with van der Waals surface area (Å²) in [6.07, 6.45) is 4.95. The van der Waals surface area contributed by atoms with E-state index < -0.39 is 0 Å². The van der Waals surface area contributed by atoms with Crippen molar-refractivity contribution in [1.29, 1.82) is 0 Å². The lowest BCUT2D eigenvalue weighted by molar-refractivity contribution is -0.143. The van der Waals surface area contributed by atoms with Gasteiger partial charge in [-0.05, 0) is 13.8 Å². The number of nitrogens with zero attached hydrogens (tertiary/aromatic N) is 2. The summed E-state index contributed by atoms with van der Waals surface area (Å²) in [5.74, 6) is 0.0846. The van der Waals surface area contributed by atoms with E-state index in [9.17, 15) is 4.79 Å². The van der Waals surface area contributed by atoms with Gasteiger partial charge in [0.15, 0.2) is 0 Å². The maximum atomic E-state index is 11.2. The molecule has 0 spiro atoms. The van der Waals surface area contributed by atoms with Gasteiger partial charge in [0.05, 0.1) is 11.5 Å². The van der Waals surface area contributed by atoms with Crippen molar-refractivity contribution in [2.45, 2.75) is 19.9 Å². The Hall–Kier alpha value is -1.45. The van der Waals surface area contributed by atoms with Crippen molar-refractivity contribution in [3.05, 3.63) is 24.3 Å². The van der Waals surface area contributed by atoms with E-state index in [-0.39, 0.29) is 17.4 Å². The van der Waals surface area contributed by atoms with Gasteiger partial charge in [0.25, 0.3) is 0 Å². The second kappa shape index (κ2) is 2.52. The zero-order chi connectivity index (χ0) is 9.47. The quantitative estimate of drug-likeness (QED) is 0.641. The van der Waals surface area contributed by atoms with Gasteiger partial charge in [0.1, 0.15) is 6.33 Å². The minimum absolute atomic E-state index is 0.0567. The number of β-lactam (4-membered cyclic amide) rings is 1. The highest BCUT2D eigenvalue weighted by atomic mass is 16.2. The highest BCUT2D eigenvalue weighted by Gasteiger charge is 2.48. The molecule has 1 saturated heterocycles. The third-order valence-electron chi connectivity index (χ3n) is 2.50. The molecule has 2 heterocycles. The van der Waals surface area contributed by atoms with Crippen molar-refractivity contribution in [2.24, 2.45) is 5.41 Å². The summed E-state index contributed by atoms with van der Waals surface area (Å²) >= 11 is 0. The van der Waals surface area contributed by atoms with Crippen LogP contribution < -0.4 is 5.32 Å². The van der Waals surface area contributed by atoms with Crippen molar-refractivity contribution in [2.75, 3.05) is 0 Å². The zero-order valence-electron chi connectivity index (χ0n) is 7.61. The van der Waals surface area contributed by atoms with E-state index in [0.717, 1.165) is 5.56 Å². The van der Waals surface area contributed by atoms with E-state index in [0.29, 0.717) is 0 Å². The van der Waals surface area contributed by atoms with Crippen LogP contribution in [0.2, 0.25) is 0 Å². The lowest BCUT2D eigenvalue weighted by Crippen LogP contribution is -2.57. The van der Waals surface area contributed by atoms with Crippen LogP contribution in [0.25, 0.3) is 0 Å². The topological polar surface area (TPSA) is 54.9 Å². The summed E-state index contributed by atoms with van der Waals surface area (Å²) in [6.45, 7) is 3.84. The zero-order valence-corrected chi connectivity index (χ0v) is 7.61. The molecule has 68 valence electrons. The number of hydrogen-bond acceptors (Lipinski definition) is 3. The van der Waals surface area contributed by atoms with E-state index in [1.807, 2.05) is 13.8 Å². The van der Waals surface area contributed by atoms with Crippen LogP contribution in [0.1, 0.15) is 25.5 Å². The number of carbonyl (C=O) groups excluding carboxylic acids is 1. The first-order chi connectivity index (χ1) is 6.12. The van der Waals surface area contributed by atoms with Crippen LogP contribution in [0.15, 0.2) is 18.7 Å². The Morgan fingerprint density at radius 3 is 2.46 bits per heavy atom. The van der Waals surface area contributed by atoms with Crippen LogP contribution in [0.3, 0.4) is 0 Å². The second-order valence-corrected chi connectivity index (χ2v) is 3.80. The molecule has 1 aromatic rings. The molecule has 0 aromatic carbocycles. The molecule has 0 bridgehead atoms. The maximum Gasteiger partial charge on any atom is 0.228 e. The molecule has 1 amide bonds. The number of nitrogens with one attached hydrogen (secondary N) is 1. The molecule has 0 radical (unpaired) electrons. The number of aromatic nitrogens is 2. The number of amides is 1. The number of carbonyl (C=O) groups is 1. The van der Waals surface area contributed by atoms with E-state index in [4.69, 9.17) is 0 Å². The predicted octanol–water partition coefficient (Wildman–Crippen LogP) is 0.674. The third-order valence-corrected chi connectivity index (χ3v) is 2.50. The van der Waals surface area contributed by atoms with E-state index in [1.165, 1.54) is 6.33 Å². The van der Waals surface area contributed by atoms with Gasteiger partial charge in [-0.15, -0.1) is 0 Å². The van der Waals surface area contributed by atoms with Crippen LogP contribution in [0.4, 0.5) is 0 Å². The van der Waals surface area contributed by atoms with Crippen LogP contribution in [-0.2, 0) is 4.79 Å². The first kappa shape index (κ1) is 8.16. The minimum atomic E-state index is -0.329. The van der Waals surface area contributed by atoms with Crippen molar-refractivity contribution in [3.8, 4) is 0 Å². The van der Waals surface area contributed by atoms with E-state index in [1.54, 1.807) is 12.4 Å². The van der Waals surface area contributed by atoms with E-state index >= 15 is 0 Å². The smallest absolute Gasteiger partial charge is 0.228 e. The molecule has 0 aliphatic carbocycles. The molecule has 4 heteroatoms. The fourth-order valence-corrected chi connectivity index (χ4v) is 1.51. The van der Waals surface area contributed by atoms with Gasteiger partial charge in [-0.2, -0.15) is 0 Å². The van der Waals surface area contributed by atoms with Crippen molar-refractivity contribution in [3.63, 3.8) is 0 Å². The molecule has 1 N–H and O–H groups in total. The average Bonchev–Trinajstić information content (AvgIpc) is 2.15. The summed E-state index contributed by atoms with van der Waals surface area (Å²) in [6, 6.07) is 0.0567. The fraction of sp³-hybridized carbons (Fsp3) is 0.444. The Bertz CT molecular complexity index is 334. The highest BCUT2D eigenvalue weighted by molar-refractivity contribution is 5.89. The molecular formula is C9H11N3O. The van der Waals surface area contributed by atoms with Crippen LogP contribution in [-0.4, -0.2) is 15.9 Å². The van der Waals surface area contributed by atoms with Crippen molar-refractivity contribution < 1.29 is 4.79 Å².